The van der Waals surface area contributed by atoms with Crippen molar-refractivity contribution in [3.63, 3.8) is 0 Å². The van der Waals surface area contributed by atoms with Gasteiger partial charge in [-0.05, 0) is 47.4 Å². The first-order valence-electron chi connectivity index (χ1n) is 5.77. The maximum atomic E-state index is 13.5. The van der Waals surface area contributed by atoms with E-state index in [9.17, 15) is 4.39 Å². The Balaban J connectivity index is 2.93. The standard InChI is InChI=1S/C14H17BrFN/c1-3-5-9-13(17-10-4-2)11-7-6-8-12(16)14(11)15/h6-8,13,17H,4,9-10H2,1-2H3. The SMILES string of the molecule is CC#CCC(NCCC)c1cccc(F)c1Br. The van der Waals surface area contributed by atoms with E-state index in [0.29, 0.717) is 10.9 Å². The second-order valence-corrected chi connectivity index (χ2v) is 4.57. The van der Waals surface area contributed by atoms with Gasteiger partial charge < -0.3 is 5.32 Å². The minimum absolute atomic E-state index is 0.0764. The van der Waals surface area contributed by atoms with Gasteiger partial charge in [0.1, 0.15) is 5.82 Å². The highest BCUT2D eigenvalue weighted by Crippen LogP contribution is 2.27. The number of rotatable bonds is 5. The average Bonchev–Trinajstić information content (AvgIpc) is 2.34. The third-order valence-electron chi connectivity index (χ3n) is 2.48. The van der Waals surface area contributed by atoms with E-state index in [1.165, 1.54) is 6.07 Å². The predicted molar refractivity (Wildman–Crippen MR) is 73.2 cm³/mol. The molecule has 0 aliphatic rings. The summed E-state index contributed by atoms with van der Waals surface area (Å²) in [6.07, 6.45) is 1.74. The average molecular weight is 298 g/mol. The molecule has 0 radical (unpaired) electrons. The number of nitrogens with one attached hydrogen (secondary N) is 1. The molecule has 0 saturated heterocycles. The van der Waals surface area contributed by atoms with Gasteiger partial charge in [0.05, 0.1) is 4.47 Å². The van der Waals surface area contributed by atoms with Crippen molar-refractivity contribution in [1.82, 2.24) is 5.32 Å². The van der Waals surface area contributed by atoms with Crippen LogP contribution in [-0.4, -0.2) is 6.54 Å². The molecular weight excluding hydrogens is 281 g/mol. The summed E-state index contributed by atoms with van der Waals surface area (Å²) < 4.78 is 14.0. The summed E-state index contributed by atoms with van der Waals surface area (Å²) in [6, 6.07) is 5.19. The van der Waals surface area contributed by atoms with Crippen molar-refractivity contribution in [3.05, 3.63) is 34.1 Å². The van der Waals surface area contributed by atoms with Crippen molar-refractivity contribution >= 4 is 15.9 Å². The number of hydrogen-bond acceptors (Lipinski definition) is 1. The third-order valence-corrected chi connectivity index (χ3v) is 3.32. The molecule has 0 aromatic heterocycles. The topological polar surface area (TPSA) is 12.0 Å². The molecule has 3 heteroatoms. The Morgan fingerprint density at radius 2 is 2.24 bits per heavy atom. The highest BCUT2D eigenvalue weighted by Gasteiger charge is 2.14. The van der Waals surface area contributed by atoms with Crippen LogP contribution in [-0.2, 0) is 0 Å². The minimum Gasteiger partial charge on any atom is -0.309 e. The Morgan fingerprint density at radius 3 is 2.88 bits per heavy atom. The molecule has 0 bridgehead atoms. The van der Waals surface area contributed by atoms with E-state index in [0.717, 1.165) is 18.5 Å². The zero-order valence-corrected chi connectivity index (χ0v) is 11.8. The van der Waals surface area contributed by atoms with Gasteiger partial charge in [-0.1, -0.05) is 19.1 Å². The van der Waals surface area contributed by atoms with E-state index >= 15 is 0 Å². The molecule has 0 fully saturated rings. The second-order valence-electron chi connectivity index (χ2n) is 3.78. The van der Waals surface area contributed by atoms with Crippen molar-refractivity contribution in [2.45, 2.75) is 32.7 Å². The molecular formula is C14H17BrFN. The highest BCUT2D eigenvalue weighted by molar-refractivity contribution is 9.10. The molecule has 0 heterocycles. The first kappa shape index (κ1) is 14.2. The van der Waals surface area contributed by atoms with Crippen LogP contribution in [0.25, 0.3) is 0 Å². The Kier molecular flexibility index (Phi) is 6.25. The molecule has 1 rings (SSSR count). The number of hydrogen-bond donors (Lipinski definition) is 1. The molecule has 0 aliphatic heterocycles. The van der Waals surface area contributed by atoms with Crippen LogP contribution >= 0.6 is 15.9 Å². The van der Waals surface area contributed by atoms with Crippen LogP contribution in [0.3, 0.4) is 0 Å². The van der Waals surface area contributed by atoms with Crippen molar-refractivity contribution in [2.75, 3.05) is 6.54 Å². The van der Waals surface area contributed by atoms with E-state index < -0.39 is 0 Å². The first-order valence-corrected chi connectivity index (χ1v) is 6.56. The van der Waals surface area contributed by atoms with Crippen LogP contribution in [0.1, 0.15) is 38.3 Å². The van der Waals surface area contributed by atoms with Gasteiger partial charge in [0, 0.05) is 12.5 Å². The van der Waals surface area contributed by atoms with Gasteiger partial charge in [0.25, 0.3) is 0 Å². The van der Waals surface area contributed by atoms with Gasteiger partial charge in [-0.2, -0.15) is 0 Å². The van der Waals surface area contributed by atoms with Gasteiger partial charge in [0.15, 0.2) is 0 Å². The minimum atomic E-state index is -0.227. The lowest BCUT2D eigenvalue weighted by molar-refractivity contribution is 0.533. The summed E-state index contributed by atoms with van der Waals surface area (Å²) in [6.45, 7) is 4.83. The monoisotopic (exact) mass is 297 g/mol. The summed E-state index contributed by atoms with van der Waals surface area (Å²) >= 11 is 3.30. The van der Waals surface area contributed by atoms with Crippen LogP contribution in [0.2, 0.25) is 0 Å². The summed E-state index contributed by atoms with van der Waals surface area (Å²) in [7, 11) is 0. The zero-order chi connectivity index (χ0) is 12.7. The smallest absolute Gasteiger partial charge is 0.137 e. The highest BCUT2D eigenvalue weighted by atomic mass is 79.9. The van der Waals surface area contributed by atoms with Gasteiger partial charge in [0.2, 0.25) is 0 Å². The van der Waals surface area contributed by atoms with Gasteiger partial charge in [-0.25, -0.2) is 4.39 Å². The summed E-state index contributed by atoms with van der Waals surface area (Å²) in [4.78, 5) is 0. The summed E-state index contributed by atoms with van der Waals surface area (Å²) in [5.74, 6) is 5.70. The third kappa shape index (κ3) is 4.14. The Hall–Kier alpha value is -0.850. The van der Waals surface area contributed by atoms with E-state index in [-0.39, 0.29) is 11.9 Å². The van der Waals surface area contributed by atoms with Crippen LogP contribution in [0.5, 0.6) is 0 Å². The van der Waals surface area contributed by atoms with E-state index in [1.54, 1.807) is 6.07 Å². The van der Waals surface area contributed by atoms with Crippen LogP contribution < -0.4 is 5.32 Å². The molecule has 0 aliphatic carbocycles. The molecule has 1 nitrogen and oxygen atoms in total. The molecule has 0 saturated carbocycles. The lowest BCUT2D eigenvalue weighted by Crippen LogP contribution is -2.22. The number of benzene rings is 1. The van der Waals surface area contributed by atoms with E-state index in [2.05, 4.69) is 40.0 Å². The largest absolute Gasteiger partial charge is 0.309 e. The Labute approximate surface area is 111 Å². The fourth-order valence-electron chi connectivity index (χ4n) is 1.60. The molecule has 17 heavy (non-hydrogen) atoms. The number of halogens is 2. The molecule has 0 spiro atoms. The summed E-state index contributed by atoms with van der Waals surface area (Å²) in [5.41, 5.74) is 0.932. The van der Waals surface area contributed by atoms with Gasteiger partial charge in [-0.15, -0.1) is 11.8 Å². The quantitative estimate of drug-likeness (QED) is 0.809. The van der Waals surface area contributed by atoms with Crippen LogP contribution in [0.15, 0.2) is 22.7 Å². The normalized spacial score (nSPS) is 11.8. The molecule has 1 unspecified atom stereocenters. The fourth-order valence-corrected chi connectivity index (χ4v) is 2.15. The van der Waals surface area contributed by atoms with Crippen LogP contribution in [0.4, 0.5) is 4.39 Å². The van der Waals surface area contributed by atoms with Crippen molar-refractivity contribution in [3.8, 4) is 11.8 Å². The Morgan fingerprint density at radius 1 is 1.47 bits per heavy atom. The second kappa shape index (κ2) is 7.47. The first-order chi connectivity index (χ1) is 8.20. The summed E-state index contributed by atoms with van der Waals surface area (Å²) in [5, 5.41) is 3.39. The zero-order valence-electron chi connectivity index (χ0n) is 10.2. The van der Waals surface area contributed by atoms with E-state index in [4.69, 9.17) is 0 Å². The van der Waals surface area contributed by atoms with Crippen molar-refractivity contribution in [2.24, 2.45) is 0 Å². The lowest BCUT2D eigenvalue weighted by Gasteiger charge is -2.18. The van der Waals surface area contributed by atoms with Crippen molar-refractivity contribution in [1.29, 1.82) is 0 Å². The molecule has 1 atom stereocenters. The molecule has 0 amide bonds. The van der Waals surface area contributed by atoms with Gasteiger partial charge in [-0.3, -0.25) is 0 Å². The molecule has 1 N–H and O–H groups in total. The lowest BCUT2D eigenvalue weighted by atomic mass is 10.0. The maximum Gasteiger partial charge on any atom is 0.137 e. The van der Waals surface area contributed by atoms with Gasteiger partial charge >= 0.3 is 0 Å². The predicted octanol–water partition coefficient (Wildman–Crippen LogP) is 4.04. The maximum absolute atomic E-state index is 13.5. The Bertz CT molecular complexity index is 420. The van der Waals surface area contributed by atoms with Crippen molar-refractivity contribution < 1.29 is 4.39 Å². The van der Waals surface area contributed by atoms with Crippen LogP contribution in [0, 0.1) is 17.7 Å². The molecule has 1 aromatic carbocycles. The van der Waals surface area contributed by atoms with E-state index in [1.807, 2.05) is 13.0 Å². The molecule has 1 aromatic rings. The fraction of sp³-hybridized carbons (Fsp3) is 0.429. The molecule has 92 valence electrons.